The largest absolute Gasteiger partial charge is 0.444 e. The lowest BCUT2D eigenvalue weighted by Gasteiger charge is -2.25. The van der Waals surface area contributed by atoms with Crippen LogP contribution in [0.15, 0.2) is 0 Å². The lowest BCUT2D eigenvalue weighted by molar-refractivity contribution is -0.119. The van der Waals surface area contributed by atoms with E-state index in [0.717, 1.165) is 0 Å². The number of methoxy groups -OCH3 is 2. The van der Waals surface area contributed by atoms with Crippen molar-refractivity contribution in [3.05, 3.63) is 0 Å². The van der Waals surface area contributed by atoms with Crippen molar-refractivity contribution in [2.45, 2.75) is 45.6 Å². The lowest BCUT2D eigenvalue weighted by atomic mass is 10.2. The molecule has 0 bridgehead atoms. The van der Waals surface area contributed by atoms with E-state index in [1.807, 2.05) is 0 Å². The average Bonchev–Trinajstić information content (AvgIpc) is 2.02. The highest BCUT2D eigenvalue weighted by atomic mass is 16.7. The van der Waals surface area contributed by atoms with Crippen LogP contribution in [0.1, 0.15) is 27.7 Å². The topological polar surface area (TPSA) is 56.8 Å². The van der Waals surface area contributed by atoms with E-state index in [-0.39, 0.29) is 6.04 Å². The molecule has 0 heterocycles. The van der Waals surface area contributed by atoms with Crippen molar-refractivity contribution in [3.8, 4) is 0 Å². The predicted molar refractivity (Wildman–Crippen MR) is 56.6 cm³/mol. The first-order chi connectivity index (χ1) is 6.80. The fraction of sp³-hybridized carbons (Fsp3) is 0.900. The smallest absolute Gasteiger partial charge is 0.408 e. The van der Waals surface area contributed by atoms with Gasteiger partial charge in [-0.1, -0.05) is 0 Å². The maximum atomic E-state index is 11.4. The lowest BCUT2D eigenvalue weighted by Crippen LogP contribution is -2.45. The predicted octanol–water partition coefficient (Wildman–Crippen LogP) is 1.52. The van der Waals surface area contributed by atoms with Crippen LogP contribution >= 0.6 is 0 Å². The van der Waals surface area contributed by atoms with Gasteiger partial charge >= 0.3 is 6.09 Å². The highest BCUT2D eigenvalue weighted by molar-refractivity contribution is 5.68. The molecule has 1 amide bonds. The summed E-state index contributed by atoms with van der Waals surface area (Å²) >= 11 is 0. The number of rotatable bonds is 4. The Bertz CT molecular complexity index is 196. The Labute approximate surface area is 91.1 Å². The summed E-state index contributed by atoms with van der Waals surface area (Å²) in [6.45, 7) is 7.20. The van der Waals surface area contributed by atoms with Gasteiger partial charge in [-0.05, 0) is 27.7 Å². The molecule has 1 atom stereocenters. The molecular formula is C10H21NO4. The number of nitrogens with one attached hydrogen (secondary N) is 1. The second-order valence-corrected chi connectivity index (χ2v) is 4.27. The fourth-order valence-corrected chi connectivity index (χ4v) is 1.07. The van der Waals surface area contributed by atoms with Gasteiger partial charge < -0.3 is 19.5 Å². The summed E-state index contributed by atoms with van der Waals surface area (Å²) in [5.41, 5.74) is -0.501. The van der Waals surface area contributed by atoms with E-state index in [2.05, 4.69) is 5.32 Å². The van der Waals surface area contributed by atoms with Gasteiger partial charge in [-0.3, -0.25) is 0 Å². The molecule has 0 aliphatic rings. The Hall–Kier alpha value is -0.810. The maximum Gasteiger partial charge on any atom is 0.408 e. The van der Waals surface area contributed by atoms with Crippen LogP contribution in [-0.4, -0.2) is 38.2 Å². The van der Waals surface area contributed by atoms with Crippen LogP contribution in [0.3, 0.4) is 0 Å². The summed E-state index contributed by atoms with van der Waals surface area (Å²) in [6.07, 6.45) is -0.952. The molecule has 0 aromatic carbocycles. The minimum Gasteiger partial charge on any atom is -0.444 e. The third-order valence-corrected chi connectivity index (χ3v) is 1.62. The van der Waals surface area contributed by atoms with Gasteiger partial charge in [0.25, 0.3) is 0 Å². The molecule has 0 aromatic rings. The van der Waals surface area contributed by atoms with Gasteiger partial charge in [0, 0.05) is 14.2 Å². The minimum absolute atomic E-state index is 0.269. The van der Waals surface area contributed by atoms with Crippen LogP contribution in [0.25, 0.3) is 0 Å². The van der Waals surface area contributed by atoms with Crippen LogP contribution in [0.2, 0.25) is 0 Å². The van der Waals surface area contributed by atoms with Gasteiger partial charge in [-0.2, -0.15) is 0 Å². The van der Waals surface area contributed by atoms with Crippen LogP contribution < -0.4 is 5.32 Å². The molecule has 0 saturated heterocycles. The Balaban J connectivity index is 4.06. The molecule has 0 aromatic heterocycles. The van der Waals surface area contributed by atoms with Gasteiger partial charge in [0.2, 0.25) is 0 Å². The van der Waals surface area contributed by atoms with Crippen molar-refractivity contribution in [2.75, 3.05) is 14.2 Å². The van der Waals surface area contributed by atoms with Gasteiger partial charge in [0.05, 0.1) is 6.04 Å². The standard InChI is InChI=1S/C10H21NO4/c1-7(8(13-5)14-6)11-9(12)15-10(2,3)4/h7-8H,1-6H3,(H,11,12)/t7-/m1/s1. The molecule has 90 valence electrons. The van der Waals surface area contributed by atoms with Crippen molar-refractivity contribution < 1.29 is 19.0 Å². The van der Waals surface area contributed by atoms with E-state index in [1.165, 1.54) is 14.2 Å². The highest BCUT2D eigenvalue weighted by Gasteiger charge is 2.22. The van der Waals surface area contributed by atoms with E-state index in [1.54, 1.807) is 27.7 Å². The molecular weight excluding hydrogens is 198 g/mol. The van der Waals surface area contributed by atoms with E-state index < -0.39 is 18.0 Å². The molecule has 0 saturated carbocycles. The molecule has 0 aliphatic carbocycles. The molecule has 0 rings (SSSR count). The van der Waals surface area contributed by atoms with Crippen molar-refractivity contribution in [1.82, 2.24) is 5.32 Å². The number of amides is 1. The molecule has 5 heteroatoms. The summed E-state index contributed by atoms with van der Waals surface area (Å²) in [5.74, 6) is 0. The van der Waals surface area contributed by atoms with Gasteiger partial charge in [0.15, 0.2) is 6.29 Å². The van der Waals surface area contributed by atoms with E-state index >= 15 is 0 Å². The molecule has 15 heavy (non-hydrogen) atoms. The zero-order valence-electron chi connectivity index (χ0n) is 10.3. The van der Waals surface area contributed by atoms with Crippen molar-refractivity contribution in [3.63, 3.8) is 0 Å². The summed E-state index contributed by atoms with van der Waals surface area (Å²) < 4.78 is 15.1. The number of carbonyl (C=O) groups excluding carboxylic acids is 1. The van der Waals surface area contributed by atoms with Crippen molar-refractivity contribution in [2.24, 2.45) is 0 Å². The highest BCUT2D eigenvalue weighted by Crippen LogP contribution is 2.07. The molecule has 0 unspecified atom stereocenters. The summed E-state index contributed by atoms with van der Waals surface area (Å²) in [6, 6.07) is -0.269. The van der Waals surface area contributed by atoms with Crippen LogP contribution in [0.5, 0.6) is 0 Å². The summed E-state index contributed by atoms with van der Waals surface area (Å²) in [4.78, 5) is 11.4. The monoisotopic (exact) mass is 219 g/mol. The maximum absolute atomic E-state index is 11.4. The van der Waals surface area contributed by atoms with Crippen molar-refractivity contribution in [1.29, 1.82) is 0 Å². The zero-order chi connectivity index (χ0) is 12.1. The Morgan fingerprint density at radius 3 is 2.00 bits per heavy atom. The number of carbonyl (C=O) groups is 1. The Morgan fingerprint density at radius 2 is 1.67 bits per heavy atom. The van der Waals surface area contributed by atoms with Gasteiger partial charge in [0.1, 0.15) is 5.60 Å². The van der Waals surface area contributed by atoms with Crippen molar-refractivity contribution >= 4 is 6.09 Å². The van der Waals surface area contributed by atoms with Crippen LogP contribution in [0, 0.1) is 0 Å². The fourth-order valence-electron chi connectivity index (χ4n) is 1.07. The number of hydrogen-bond donors (Lipinski definition) is 1. The summed E-state index contributed by atoms with van der Waals surface area (Å²) in [7, 11) is 3.03. The first-order valence-electron chi connectivity index (χ1n) is 4.85. The third-order valence-electron chi connectivity index (χ3n) is 1.62. The molecule has 0 fully saturated rings. The minimum atomic E-state index is -0.501. The first-order valence-corrected chi connectivity index (χ1v) is 4.85. The van der Waals surface area contributed by atoms with Crippen LogP contribution in [0.4, 0.5) is 4.79 Å². The van der Waals surface area contributed by atoms with Gasteiger partial charge in [-0.25, -0.2) is 4.79 Å². The van der Waals surface area contributed by atoms with Gasteiger partial charge in [-0.15, -0.1) is 0 Å². The molecule has 0 spiro atoms. The normalized spacial score (nSPS) is 13.8. The second-order valence-electron chi connectivity index (χ2n) is 4.27. The average molecular weight is 219 g/mol. The molecule has 0 radical (unpaired) electrons. The molecule has 0 aliphatic heterocycles. The number of alkyl carbamates (subject to hydrolysis) is 1. The zero-order valence-corrected chi connectivity index (χ0v) is 10.3. The quantitative estimate of drug-likeness (QED) is 0.728. The molecule has 5 nitrogen and oxygen atoms in total. The SMILES string of the molecule is COC(OC)[C@@H](C)NC(=O)OC(C)(C)C. The second kappa shape index (κ2) is 5.92. The molecule has 1 N–H and O–H groups in total. The Kier molecular flexibility index (Phi) is 5.60. The van der Waals surface area contributed by atoms with Crippen LogP contribution in [-0.2, 0) is 14.2 Å². The third kappa shape index (κ3) is 6.30. The summed E-state index contributed by atoms with van der Waals surface area (Å²) in [5, 5.41) is 2.63. The van der Waals surface area contributed by atoms with E-state index in [4.69, 9.17) is 14.2 Å². The van der Waals surface area contributed by atoms with E-state index in [0.29, 0.717) is 0 Å². The Morgan fingerprint density at radius 1 is 1.20 bits per heavy atom. The first kappa shape index (κ1) is 14.2. The number of ether oxygens (including phenoxy) is 3. The number of hydrogen-bond acceptors (Lipinski definition) is 4. The van der Waals surface area contributed by atoms with E-state index in [9.17, 15) is 4.79 Å².